The van der Waals surface area contributed by atoms with Crippen LogP contribution >= 0.6 is 15.9 Å². The monoisotopic (exact) mass is 374 g/mol. The number of rotatable bonds is 4. The minimum absolute atomic E-state index is 0.0401. The van der Waals surface area contributed by atoms with Gasteiger partial charge < -0.3 is 10.4 Å². The Hall–Kier alpha value is -2.38. The molecule has 116 valence electrons. The number of nitrogens with one attached hydrogen (secondary N) is 1. The maximum atomic E-state index is 13.3. The van der Waals surface area contributed by atoms with E-state index in [2.05, 4.69) is 36.2 Å². The van der Waals surface area contributed by atoms with E-state index in [-0.39, 0.29) is 12.4 Å². The molecule has 0 saturated heterocycles. The van der Waals surface area contributed by atoms with Crippen LogP contribution in [-0.2, 0) is 6.61 Å². The molecule has 0 aliphatic carbocycles. The lowest BCUT2D eigenvalue weighted by molar-refractivity contribution is 0.282. The highest BCUT2D eigenvalue weighted by atomic mass is 79.9. The molecule has 0 unspecified atom stereocenters. The van der Waals surface area contributed by atoms with Crippen LogP contribution in [0.5, 0.6) is 0 Å². The Labute approximate surface area is 140 Å². The Morgan fingerprint density at radius 1 is 1.13 bits per heavy atom. The number of hydrogen-bond donors (Lipinski definition) is 2. The summed E-state index contributed by atoms with van der Waals surface area (Å²) in [5.41, 5.74) is 2.22. The quantitative estimate of drug-likeness (QED) is 0.728. The number of nitrogens with zero attached hydrogens (tertiary/aromatic N) is 3. The first kappa shape index (κ1) is 15.5. The van der Waals surface area contributed by atoms with E-state index >= 15 is 0 Å². The van der Waals surface area contributed by atoms with E-state index in [4.69, 9.17) is 5.11 Å². The van der Waals surface area contributed by atoms with Gasteiger partial charge in [0.05, 0.1) is 11.1 Å². The lowest BCUT2D eigenvalue weighted by Crippen LogP contribution is -2.00. The van der Waals surface area contributed by atoms with Gasteiger partial charge in [-0.1, -0.05) is 12.1 Å². The minimum Gasteiger partial charge on any atom is -0.392 e. The molecule has 0 spiro atoms. The van der Waals surface area contributed by atoms with Gasteiger partial charge in [0.25, 0.3) is 0 Å². The van der Waals surface area contributed by atoms with Crippen molar-refractivity contribution in [2.24, 2.45) is 0 Å². The molecule has 3 aromatic rings. The normalized spacial score (nSPS) is 10.6. The molecule has 0 fully saturated rings. The van der Waals surface area contributed by atoms with Crippen molar-refractivity contribution in [1.29, 1.82) is 0 Å². The third kappa shape index (κ3) is 3.69. The van der Waals surface area contributed by atoms with E-state index in [9.17, 15) is 4.39 Å². The Balaban J connectivity index is 1.88. The van der Waals surface area contributed by atoms with Crippen molar-refractivity contribution >= 4 is 27.6 Å². The van der Waals surface area contributed by atoms with Crippen LogP contribution < -0.4 is 5.32 Å². The summed E-state index contributed by atoms with van der Waals surface area (Å²) in [6.45, 7) is -0.0401. The van der Waals surface area contributed by atoms with Crippen LogP contribution in [0.1, 0.15) is 5.56 Å². The molecule has 0 atom stereocenters. The van der Waals surface area contributed by atoms with Gasteiger partial charge >= 0.3 is 0 Å². The predicted octanol–water partition coefficient (Wildman–Crippen LogP) is 3.68. The fourth-order valence-electron chi connectivity index (χ4n) is 2.01. The van der Waals surface area contributed by atoms with Crippen LogP contribution in [-0.4, -0.2) is 20.1 Å². The van der Waals surface area contributed by atoms with Crippen LogP contribution in [0.25, 0.3) is 11.4 Å². The van der Waals surface area contributed by atoms with Gasteiger partial charge in [0.15, 0.2) is 5.82 Å². The van der Waals surface area contributed by atoms with E-state index in [0.717, 1.165) is 11.3 Å². The second-order valence-electron chi connectivity index (χ2n) is 4.75. The van der Waals surface area contributed by atoms with Crippen LogP contribution in [0.2, 0.25) is 0 Å². The van der Waals surface area contributed by atoms with E-state index < -0.39 is 0 Å². The third-order valence-corrected chi connectivity index (χ3v) is 3.72. The predicted molar refractivity (Wildman–Crippen MR) is 88.6 cm³/mol. The summed E-state index contributed by atoms with van der Waals surface area (Å²) >= 11 is 3.15. The SMILES string of the molecule is OCc1cccc(Nc2ncnc(-c3ccc(F)c(Br)c3)n2)c1. The summed E-state index contributed by atoms with van der Waals surface area (Å²) in [4.78, 5) is 12.5. The van der Waals surface area contributed by atoms with Gasteiger partial charge in [0.1, 0.15) is 12.1 Å². The second-order valence-corrected chi connectivity index (χ2v) is 5.60. The summed E-state index contributed by atoms with van der Waals surface area (Å²) in [7, 11) is 0. The average molecular weight is 375 g/mol. The van der Waals surface area contributed by atoms with Crippen molar-refractivity contribution < 1.29 is 9.50 Å². The summed E-state index contributed by atoms with van der Waals surface area (Å²) in [5.74, 6) is 0.453. The highest BCUT2D eigenvalue weighted by molar-refractivity contribution is 9.10. The number of anilines is 2. The Morgan fingerprint density at radius 2 is 2.00 bits per heavy atom. The molecule has 5 nitrogen and oxygen atoms in total. The second kappa shape index (κ2) is 6.80. The number of aliphatic hydroxyl groups is 1. The Bertz CT molecular complexity index is 844. The molecule has 3 rings (SSSR count). The van der Waals surface area contributed by atoms with Crippen molar-refractivity contribution in [3.8, 4) is 11.4 Å². The van der Waals surface area contributed by atoms with Crippen LogP contribution in [0, 0.1) is 5.82 Å². The summed E-state index contributed by atoms with van der Waals surface area (Å²) in [5, 5.41) is 12.2. The number of aliphatic hydroxyl groups excluding tert-OH is 1. The van der Waals surface area contributed by atoms with Gasteiger partial charge in [0, 0.05) is 11.3 Å². The van der Waals surface area contributed by atoms with Gasteiger partial charge in [-0.15, -0.1) is 0 Å². The average Bonchev–Trinajstić information content (AvgIpc) is 2.58. The molecule has 0 bridgehead atoms. The van der Waals surface area contributed by atoms with Gasteiger partial charge in [-0.25, -0.2) is 14.4 Å². The zero-order valence-corrected chi connectivity index (χ0v) is 13.5. The molecular formula is C16H12BrFN4O. The lowest BCUT2D eigenvalue weighted by Gasteiger charge is -2.07. The molecule has 0 radical (unpaired) electrons. The van der Waals surface area contributed by atoms with Gasteiger partial charge in [0.2, 0.25) is 5.95 Å². The molecule has 0 aliphatic heterocycles. The highest BCUT2D eigenvalue weighted by Crippen LogP contribution is 2.23. The topological polar surface area (TPSA) is 70.9 Å². The molecule has 7 heteroatoms. The fourth-order valence-corrected chi connectivity index (χ4v) is 2.39. The lowest BCUT2D eigenvalue weighted by atomic mass is 10.2. The summed E-state index contributed by atoms with van der Waals surface area (Å²) in [6.07, 6.45) is 1.39. The first-order valence-corrected chi connectivity index (χ1v) is 7.56. The first-order valence-electron chi connectivity index (χ1n) is 6.77. The Morgan fingerprint density at radius 3 is 2.78 bits per heavy atom. The van der Waals surface area contributed by atoms with Crippen molar-refractivity contribution in [3.63, 3.8) is 0 Å². The summed E-state index contributed by atoms with van der Waals surface area (Å²) in [6, 6.07) is 11.9. The standard InChI is InChI=1S/C16H12BrFN4O/c17-13-7-11(4-5-14(13)18)15-19-9-20-16(22-15)21-12-3-1-2-10(6-12)8-23/h1-7,9,23H,8H2,(H,19,20,21,22). The zero-order chi connectivity index (χ0) is 16.2. The number of benzene rings is 2. The molecule has 2 aromatic carbocycles. The molecule has 1 heterocycles. The van der Waals surface area contributed by atoms with Crippen molar-refractivity contribution in [1.82, 2.24) is 15.0 Å². The number of hydrogen-bond acceptors (Lipinski definition) is 5. The molecular weight excluding hydrogens is 363 g/mol. The van der Waals surface area contributed by atoms with E-state index in [1.165, 1.54) is 12.4 Å². The highest BCUT2D eigenvalue weighted by Gasteiger charge is 2.07. The van der Waals surface area contributed by atoms with Crippen LogP contribution in [0.4, 0.5) is 16.0 Å². The zero-order valence-electron chi connectivity index (χ0n) is 11.9. The molecule has 0 amide bonds. The molecule has 23 heavy (non-hydrogen) atoms. The van der Waals surface area contributed by atoms with Crippen molar-refractivity contribution in [2.75, 3.05) is 5.32 Å². The summed E-state index contributed by atoms with van der Waals surface area (Å²) < 4.78 is 13.7. The van der Waals surface area contributed by atoms with Crippen molar-refractivity contribution in [2.45, 2.75) is 6.61 Å². The van der Waals surface area contributed by atoms with E-state index in [0.29, 0.717) is 21.8 Å². The van der Waals surface area contributed by atoms with E-state index in [1.807, 2.05) is 18.2 Å². The van der Waals surface area contributed by atoms with Gasteiger partial charge in [-0.2, -0.15) is 4.98 Å². The van der Waals surface area contributed by atoms with Gasteiger partial charge in [-0.3, -0.25) is 0 Å². The maximum Gasteiger partial charge on any atom is 0.230 e. The molecule has 0 aliphatic rings. The molecule has 0 saturated carbocycles. The first-order chi connectivity index (χ1) is 11.2. The maximum absolute atomic E-state index is 13.3. The number of halogens is 2. The fraction of sp³-hybridized carbons (Fsp3) is 0.0625. The minimum atomic E-state index is -0.345. The van der Waals surface area contributed by atoms with Crippen LogP contribution in [0.15, 0.2) is 53.3 Å². The van der Waals surface area contributed by atoms with Gasteiger partial charge in [-0.05, 0) is 51.8 Å². The largest absolute Gasteiger partial charge is 0.392 e. The molecule has 1 aromatic heterocycles. The van der Waals surface area contributed by atoms with Crippen LogP contribution in [0.3, 0.4) is 0 Å². The Kier molecular flexibility index (Phi) is 4.59. The number of aromatic nitrogens is 3. The smallest absolute Gasteiger partial charge is 0.230 e. The third-order valence-electron chi connectivity index (χ3n) is 3.12. The van der Waals surface area contributed by atoms with E-state index in [1.54, 1.807) is 18.2 Å². The molecule has 2 N–H and O–H groups in total. The van der Waals surface area contributed by atoms with Crippen molar-refractivity contribution in [3.05, 3.63) is 64.6 Å².